The highest BCUT2D eigenvalue weighted by atomic mass is 79.9. The van der Waals surface area contributed by atoms with Gasteiger partial charge in [0.2, 0.25) is 0 Å². The Labute approximate surface area is 112 Å². The van der Waals surface area contributed by atoms with Gasteiger partial charge in [-0.25, -0.2) is 0 Å². The monoisotopic (exact) mass is 303 g/mol. The fraction of sp³-hybridized carbons (Fsp3) is 0.692. The van der Waals surface area contributed by atoms with E-state index in [9.17, 15) is 0 Å². The Morgan fingerprint density at radius 3 is 2.31 bits per heavy atom. The number of thiophene rings is 1. The average molecular weight is 304 g/mol. The van der Waals surface area contributed by atoms with Crippen LogP contribution in [0.4, 0.5) is 0 Å². The van der Waals surface area contributed by atoms with Crippen molar-refractivity contribution in [1.82, 2.24) is 5.32 Å². The SMILES string of the molecule is CCC(CC)C(C)NC(C)c1ccc(Br)s1. The van der Waals surface area contributed by atoms with Gasteiger partial charge in [0.25, 0.3) is 0 Å². The van der Waals surface area contributed by atoms with E-state index in [1.807, 2.05) is 11.3 Å². The van der Waals surface area contributed by atoms with E-state index in [-0.39, 0.29) is 0 Å². The summed E-state index contributed by atoms with van der Waals surface area (Å²) < 4.78 is 1.21. The first kappa shape index (κ1) is 14.2. The van der Waals surface area contributed by atoms with Crippen molar-refractivity contribution in [2.45, 2.75) is 52.6 Å². The van der Waals surface area contributed by atoms with Crippen molar-refractivity contribution in [1.29, 1.82) is 0 Å². The molecule has 0 amide bonds. The molecule has 1 nitrogen and oxygen atoms in total. The fourth-order valence-corrected chi connectivity index (χ4v) is 3.60. The molecular formula is C13H22BrNS. The third-order valence-corrected chi connectivity index (χ3v) is 5.10. The normalized spacial score (nSPS) is 15.4. The van der Waals surface area contributed by atoms with Gasteiger partial charge >= 0.3 is 0 Å². The third kappa shape index (κ3) is 3.86. The first-order valence-electron chi connectivity index (χ1n) is 6.09. The first-order valence-corrected chi connectivity index (χ1v) is 7.70. The van der Waals surface area contributed by atoms with Crippen LogP contribution in [0.2, 0.25) is 0 Å². The Morgan fingerprint density at radius 1 is 1.25 bits per heavy atom. The van der Waals surface area contributed by atoms with Crippen LogP contribution >= 0.6 is 27.3 Å². The van der Waals surface area contributed by atoms with Crippen LogP contribution in [0.5, 0.6) is 0 Å². The maximum atomic E-state index is 3.70. The average Bonchev–Trinajstić information content (AvgIpc) is 2.66. The Hall–Kier alpha value is 0.140. The molecule has 0 aliphatic heterocycles. The molecule has 0 saturated carbocycles. The zero-order valence-corrected chi connectivity index (χ0v) is 13.0. The van der Waals surface area contributed by atoms with Crippen LogP contribution in [0, 0.1) is 5.92 Å². The molecule has 0 spiro atoms. The van der Waals surface area contributed by atoms with Crippen LogP contribution in [0.1, 0.15) is 51.5 Å². The largest absolute Gasteiger partial charge is 0.307 e. The molecule has 0 aromatic carbocycles. The minimum absolute atomic E-state index is 0.451. The molecule has 1 heterocycles. The predicted molar refractivity (Wildman–Crippen MR) is 77.1 cm³/mol. The number of hydrogen-bond acceptors (Lipinski definition) is 2. The van der Waals surface area contributed by atoms with E-state index in [1.54, 1.807) is 0 Å². The summed E-state index contributed by atoms with van der Waals surface area (Å²) in [5.74, 6) is 0.783. The zero-order chi connectivity index (χ0) is 12.1. The Kier molecular flexibility index (Phi) is 6.01. The van der Waals surface area contributed by atoms with Gasteiger partial charge in [0.15, 0.2) is 0 Å². The number of nitrogens with one attached hydrogen (secondary N) is 1. The summed E-state index contributed by atoms with van der Waals surface area (Å²) in [6.07, 6.45) is 2.51. The van der Waals surface area contributed by atoms with Crippen molar-refractivity contribution in [3.8, 4) is 0 Å². The molecule has 1 aromatic heterocycles. The van der Waals surface area contributed by atoms with Gasteiger partial charge in [-0.1, -0.05) is 26.7 Å². The lowest BCUT2D eigenvalue weighted by atomic mass is 9.95. The molecule has 3 heteroatoms. The minimum Gasteiger partial charge on any atom is -0.307 e. The molecule has 1 rings (SSSR count). The lowest BCUT2D eigenvalue weighted by Gasteiger charge is -2.25. The summed E-state index contributed by atoms with van der Waals surface area (Å²) in [6.45, 7) is 9.10. The highest BCUT2D eigenvalue weighted by Gasteiger charge is 2.17. The molecule has 2 atom stereocenters. The lowest BCUT2D eigenvalue weighted by molar-refractivity contribution is 0.331. The summed E-state index contributed by atoms with van der Waals surface area (Å²) in [5, 5.41) is 3.70. The van der Waals surface area contributed by atoms with Gasteiger partial charge in [0.1, 0.15) is 0 Å². The van der Waals surface area contributed by atoms with E-state index in [1.165, 1.54) is 21.5 Å². The summed E-state index contributed by atoms with van der Waals surface area (Å²) in [4.78, 5) is 1.41. The molecular weight excluding hydrogens is 282 g/mol. The van der Waals surface area contributed by atoms with Crippen LogP contribution in [0.15, 0.2) is 15.9 Å². The van der Waals surface area contributed by atoms with Crippen molar-refractivity contribution in [3.05, 3.63) is 20.8 Å². The molecule has 2 unspecified atom stereocenters. The fourth-order valence-electron chi connectivity index (χ4n) is 2.17. The van der Waals surface area contributed by atoms with Crippen LogP contribution in [0.3, 0.4) is 0 Å². The number of rotatable bonds is 6. The minimum atomic E-state index is 0.451. The van der Waals surface area contributed by atoms with Crippen LogP contribution in [0.25, 0.3) is 0 Å². The molecule has 0 fully saturated rings. The summed E-state index contributed by atoms with van der Waals surface area (Å²) in [6, 6.07) is 5.37. The molecule has 0 aliphatic carbocycles. The van der Waals surface area contributed by atoms with Crippen molar-refractivity contribution < 1.29 is 0 Å². The van der Waals surface area contributed by atoms with Crippen molar-refractivity contribution >= 4 is 27.3 Å². The van der Waals surface area contributed by atoms with Gasteiger partial charge in [-0.3, -0.25) is 0 Å². The zero-order valence-electron chi connectivity index (χ0n) is 10.6. The predicted octanol–water partition coefficient (Wildman–Crippen LogP) is 4.99. The van der Waals surface area contributed by atoms with Gasteiger partial charge in [-0.15, -0.1) is 11.3 Å². The highest BCUT2D eigenvalue weighted by molar-refractivity contribution is 9.11. The van der Waals surface area contributed by atoms with Crippen molar-refractivity contribution in [3.63, 3.8) is 0 Å². The summed E-state index contributed by atoms with van der Waals surface area (Å²) in [5.41, 5.74) is 0. The van der Waals surface area contributed by atoms with Crippen molar-refractivity contribution in [2.75, 3.05) is 0 Å². The van der Waals surface area contributed by atoms with Gasteiger partial charge in [0, 0.05) is 17.0 Å². The molecule has 92 valence electrons. The van der Waals surface area contributed by atoms with E-state index in [4.69, 9.17) is 0 Å². The number of halogens is 1. The van der Waals surface area contributed by atoms with Gasteiger partial charge < -0.3 is 5.32 Å². The van der Waals surface area contributed by atoms with Gasteiger partial charge in [-0.05, 0) is 47.8 Å². The smallest absolute Gasteiger partial charge is 0.0701 e. The maximum absolute atomic E-state index is 3.70. The second kappa shape index (κ2) is 6.77. The van der Waals surface area contributed by atoms with Gasteiger partial charge in [-0.2, -0.15) is 0 Å². The Morgan fingerprint density at radius 2 is 1.88 bits per heavy atom. The molecule has 1 N–H and O–H groups in total. The first-order chi connectivity index (χ1) is 7.58. The van der Waals surface area contributed by atoms with Crippen molar-refractivity contribution in [2.24, 2.45) is 5.92 Å². The van der Waals surface area contributed by atoms with E-state index >= 15 is 0 Å². The lowest BCUT2D eigenvalue weighted by Crippen LogP contribution is -2.34. The molecule has 1 aromatic rings. The third-order valence-electron chi connectivity index (χ3n) is 3.29. The number of hydrogen-bond donors (Lipinski definition) is 1. The topological polar surface area (TPSA) is 12.0 Å². The van der Waals surface area contributed by atoms with Crippen LogP contribution < -0.4 is 5.32 Å². The quantitative estimate of drug-likeness (QED) is 0.781. The molecule has 0 aliphatic rings. The van der Waals surface area contributed by atoms with E-state index in [0.717, 1.165) is 5.92 Å². The van der Waals surface area contributed by atoms with E-state index < -0.39 is 0 Å². The second-order valence-electron chi connectivity index (χ2n) is 4.40. The van der Waals surface area contributed by atoms with E-state index in [2.05, 4.69) is 61.1 Å². The summed E-state index contributed by atoms with van der Waals surface area (Å²) in [7, 11) is 0. The molecule has 0 bridgehead atoms. The molecule has 0 radical (unpaired) electrons. The summed E-state index contributed by atoms with van der Waals surface area (Å²) >= 11 is 5.33. The van der Waals surface area contributed by atoms with Gasteiger partial charge in [0.05, 0.1) is 3.79 Å². The Balaban J connectivity index is 2.53. The Bertz CT molecular complexity index is 307. The highest BCUT2D eigenvalue weighted by Crippen LogP contribution is 2.28. The van der Waals surface area contributed by atoms with E-state index in [0.29, 0.717) is 12.1 Å². The standard InChI is InChI=1S/C13H22BrNS/c1-5-11(6-2)9(3)15-10(4)12-7-8-13(14)16-12/h7-11,15H,5-6H2,1-4H3. The molecule has 0 saturated heterocycles. The molecule has 16 heavy (non-hydrogen) atoms. The van der Waals surface area contributed by atoms with Crippen LogP contribution in [-0.4, -0.2) is 6.04 Å². The maximum Gasteiger partial charge on any atom is 0.0701 e. The van der Waals surface area contributed by atoms with Crippen LogP contribution in [-0.2, 0) is 0 Å². The second-order valence-corrected chi connectivity index (χ2v) is 6.89.